The molecule has 1 saturated heterocycles. The molecule has 1 heterocycles. The molecule has 0 saturated carbocycles. The lowest BCUT2D eigenvalue weighted by Crippen LogP contribution is -2.48. The molecule has 0 atom stereocenters. The van der Waals surface area contributed by atoms with Gasteiger partial charge in [0.15, 0.2) is 5.96 Å². The molecule has 1 aromatic rings. The Morgan fingerprint density at radius 3 is 2.52 bits per heavy atom. The first-order valence-corrected chi connectivity index (χ1v) is 10.1. The molecule has 0 aliphatic carbocycles. The molecule has 5 nitrogen and oxygen atoms in total. The molecular weight excluding hydrogens is 334 g/mol. The van der Waals surface area contributed by atoms with Crippen molar-refractivity contribution in [2.75, 3.05) is 39.2 Å². The Balaban J connectivity index is 1.95. The number of nitrogens with zero attached hydrogens (tertiary/aromatic N) is 1. The Hall–Kier alpha value is -1.40. The third kappa shape index (κ3) is 6.44. The quantitative estimate of drug-likeness (QED) is 0.548. The van der Waals surface area contributed by atoms with Gasteiger partial charge < -0.3 is 20.1 Å². The van der Waals surface area contributed by atoms with Crippen LogP contribution in [-0.4, -0.2) is 49.9 Å². The molecule has 0 unspecified atom stereocenters. The van der Waals surface area contributed by atoms with Gasteiger partial charge in [-0.2, -0.15) is 11.8 Å². The van der Waals surface area contributed by atoms with Crippen molar-refractivity contribution in [2.45, 2.75) is 38.0 Å². The fraction of sp³-hybridized carbons (Fsp3) is 0.632. The summed E-state index contributed by atoms with van der Waals surface area (Å²) in [5.41, 5.74) is 1.17. The smallest absolute Gasteiger partial charge is 0.191 e. The fourth-order valence-electron chi connectivity index (χ4n) is 2.91. The molecule has 1 fully saturated rings. The third-order valence-corrected chi connectivity index (χ3v) is 5.81. The van der Waals surface area contributed by atoms with Crippen LogP contribution in [0, 0.1) is 0 Å². The van der Waals surface area contributed by atoms with Gasteiger partial charge in [0.1, 0.15) is 5.75 Å². The zero-order valence-corrected chi connectivity index (χ0v) is 16.5. The lowest BCUT2D eigenvalue weighted by molar-refractivity contribution is 0.0782. The monoisotopic (exact) mass is 365 g/mol. The van der Waals surface area contributed by atoms with Gasteiger partial charge in [-0.1, -0.05) is 19.1 Å². The van der Waals surface area contributed by atoms with Crippen LogP contribution in [-0.2, 0) is 11.3 Å². The second-order valence-electron chi connectivity index (χ2n) is 6.13. The first-order valence-electron chi connectivity index (χ1n) is 9.08. The number of benzene rings is 1. The summed E-state index contributed by atoms with van der Waals surface area (Å²) in [6, 6.07) is 8.05. The van der Waals surface area contributed by atoms with Crippen molar-refractivity contribution in [1.82, 2.24) is 10.6 Å². The molecular formula is C19H31N3O2S. The van der Waals surface area contributed by atoms with Gasteiger partial charge >= 0.3 is 0 Å². The molecule has 0 aromatic heterocycles. The maximum Gasteiger partial charge on any atom is 0.191 e. The summed E-state index contributed by atoms with van der Waals surface area (Å²) in [5, 5.41) is 6.89. The van der Waals surface area contributed by atoms with Crippen molar-refractivity contribution < 1.29 is 9.47 Å². The van der Waals surface area contributed by atoms with Gasteiger partial charge in [0, 0.05) is 31.1 Å². The maximum absolute atomic E-state index is 5.55. The second kappa shape index (κ2) is 10.6. The fourth-order valence-corrected chi connectivity index (χ4v) is 4.15. The van der Waals surface area contributed by atoms with E-state index in [1.807, 2.05) is 23.9 Å². The number of methoxy groups -OCH3 is 1. The number of aliphatic imine (C=N–C) groups is 1. The Labute approximate surface area is 156 Å². The Kier molecular flexibility index (Phi) is 8.41. The topological polar surface area (TPSA) is 54.9 Å². The Morgan fingerprint density at radius 2 is 1.92 bits per heavy atom. The standard InChI is InChI=1S/C19H31N3O2S/c1-4-20-18(21-14-16-6-8-17(23-3)9-7-16)22-15-19(25-5-2)10-12-24-13-11-19/h6-9H,4-5,10-15H2,1-3H3,(H2,20,21,22). The molecule has 6 heteroatoms. The van der Waals surface area contributed by atoms with Crippen LogP contribution in [0.25, 0.3) is 0 Å². The van der Waals surface area contributed by atoms with Gasteiger partial charge in [0.05, 0.1) is 13.7 Å². The van der Waals surface area contributed by atoms with E-state index in [1.54, 1.807) is 7.11 Å². The lowest BCUT2D eigenvalue weighted by atomic mass is 9.99. The molecule has 140 valence electrons. The minimum atomic E-state index is 0.253. The second-order valence-corrected chi connectivity index (χ2v) is 7.86. The summed E-state index contributed by atoms with van der Waals surface area (Å²) in [4.78, 5) is 4.73. The van der Waals surface area contributed by atoms with Crippen molar-refractivity contribution in [1.29, 1.82) is 0 Å². The van der Waals surface area contributed by atoms with Crippen molar-refractivity contribution in [3.05, 3.63) is 29.8 Å². The Bertz CT molecular complexity index is 522. The molecule has 0 bridgehead atoms. The summed E-state index contributed by atoms with van der Waals surface area (Å²) in [7, 11) is 1.68. The van der Waals surface area contributed by atoms with E-state index in [4.69, 9.17) is 14.5 Å². The zero-order chi connectivity index (χ0) is 18.0. The number of thioether (sulfide) groups is 1. The van der Waals surface area contributed by atoms with Gasteiger partial charge in [-0.15, -0.1) is 0 Å². The highest BCUT2D eigenvalue weighted by atomic mass is 32.2. The van der Waals surface area contributed by atoms with Crippen molar-refractivity contribution in [2.24, 2.45) is 4.99 Å². The van der Waals surface area contributed by atoms with Crippen LogP contribution in [0.3, 0.4) is 0 Å². The third-order valence-electron chi connectivity index (χ3n) is 4.36. The summed E-state index contributed by atoms with van der Waals surface area (Å²) >= 11 is 2.04. The van der Waals surface area contributed by atoms with Gasteiger partial charge in [-0.05, 0) is 43.2 Å². The van der Waals surface area contributed by atoms with Gasteiger partial charge in [-0.3, -0.25) is 0 Å². The van der Waals surface area contributed by atoms with Crippen molar-refractivity contribution in [3.63, 3.8) is 0 Å². The average molecular weight is 366 g/mol. The zero-order valence-electron chi connectivity index (χ0n) is 15.6. The van der Waals surface area contributed by atoms with E-state index in [9.17, 15) is 0 Å². The predicted molar refractivity (Wildman–Crippen MR) is 107 cm³/mol. The summed E-state index contributed by atoms with van der Waals surface area (Å²) in [5.74, 6) is 2.87. The minimum absolute atomic E-state index is 0.253. The summed E-state index contributed by atoms with van der Waals surface area (Å²) < 4.78 is 11.0. The molecule has 1 aliphatic heterocycles. The molecule has 1 aromatic carbocycles. The highest BCUT2D eigenvalue weighted by Gasteiger charge is 2.32. The van der Waals surface area contributed by atoms with E-state index >= 15 is 0 Å². The van der Waals surface area contributed by atoms with Gasteiger partial charge in [-0.25, -0.2) is 4.99 Å². The largest absolute Gasteiger partial charge is 0.497 e. The first-order chi connectivity index (χ1) is 12.2. The van der Waals surface area contributed by atoms with Crippen LogP contribution >= 0.6 is 11.8 Å². The number of hydrogen-bond acceptors (Lipinski definition) is 4. The number of ether oxygens (including phenoxy) is 2. The normalized spacial score (nSPS) is 17.2. The molecule has 25 heavy (non-hydrogen) atoms. The lowest BCUT2D eigenvalue weighted by Gasteiger charge is -2.37. The van der Waals surface area contributed by atoms with E-state index in [0.717, 1.165) is 56.6 Å². The van der Waals surface area contributed by atoms with E-state index in [1.165, 1.54) is 5.56 Å². The van der Waals surface area contributed by atoms with Crippen LogP contribution in [0.4, 0.5) is 0 Å². The minimum Gasteiger partial charge on any atom is -0.497 e. The van der Waals surface area contributed by atoms with Crippen LogP contribution in [0.15, 0.2) is 29.3 Å². The summed E-state index contributed by atoms with van der Waals surface area (Å²) in [6.45, 7) is 8.45. The van der Waals surface area contributed by atoms with Gasteiger partial charge in [0.2, 0.25) is 0 Å². The van der Waals surface area contributed by atoms with E-state index < -0.39 is 0 Å². The molecule has 2 N–H and O–H groups in total. The highest BCUT2D eigenvalue weighted by Crippen LogP contribution is 2.34. The molecule has 1 aliphatic rings. The molecule has 0 spiro atoms. The van der Waals surface area contributed by atoms with Crippen LogP contribution < -0.4 is 15.4 Å². The number of nitrogens with one attached hydrogen (secondary N) is 2. The van der Waals surface area contributed by atoms with Crippen molar-refractivity contribution in [3.8, 4) is 5.75 Å². The van der Waals surface area contributed by atoms with Crippen molar-refractivity contribution >= 4 is 17.7 Å². The van der Waals surface area contributed by atoms with E-state index in [2.05, 4.69) is 36.6 Å². The van der Waals surface area contributed by atoms with E-state index in [0.29, 0.717) is 6.54 Å². The average Bonchev–Trinajstić information content (AvgIpc) is 2.65. The number of rotatable bonds is 8. The maximum atomic E-state index is 5.55. The summed E-state index contributed by atoms with van der Waals surface area (Å²) in [6.07, 6.45) is 2.19. The molecule has 0 radical (unpaired) electrons. The van der Waals surface area contributed by atoms with Gasteiger partial charge in [0.25, 0.3) is 0 Å². The highest BCUT2D eigenvalue weighted by molar-refractivity contribution is 8.00. The van der Waals surface area contributed by atoms with Crippen LogP contribution in [0.2, 0.25) is 0 Å². The van der Waals surface area contributed by atoms with Crippen LogP contribution in [0.5, 0.6) is 5.75 Å². The number of hydrogen-bond donors (Lipinski definition) is 2. The number of guanidine groups is 1. The Morgan fingerprint density at radius 1 is 1.20 bits per heavy atom. The predicted octanol–water partition coefficient (Wildman–Crippen LogP) is 3.05. The first kappa shape index (κ1) is 19.9. The molecule has 0 amide bonds. The van der Waals surface area contributed by atoms with Crippen LogP contribution in [0.1, 0.15) is 32.3 Å². The SMILES string of the molecule is CCNC(=NCc1ccc(OC)cc1)NCC1(SCC)CCOCC1. The van der Waals surface area contributed by atoms with E-state index in [-0.39, 0.29) is 4.75 Å². The molecule has 2 rings (SSSR count).